The van der Waals surface area contributed by atoms with Crippen LogP contribution >= 0.6 is 0 Å². The quantitative estimate of drug-likeness (QED) is 0.668. The first-order valence-electron chi connectivity index (χ1n) is 4.44. The summed E-state index contributed by atoms with van der Waals surface area (Å²) >= 11 is 0. The highest BCUT2D eigenvalue weighted by Gasteiger charge is 2.20. The molecule has 0 spiro atoms. The molecule has 0 atom stereocenters. The molecule has 0 saturated heterocycles. The first-order chi connectivity index (χ1) is 5.84. The summed E-state index contributed by atoms with van der Waals surface area (Å²) in [4.78, 5) is 0. The largest absolute Gasteiger partial charge is 0.399 e. The van der Waals surface area contributed by atoms with E-state index in [2.05, 4.69) is 5.32 Å². The van der Waals surface area contributed by atoms with Gasteiger partial charge in [-0.15, -0.1) is 0 Å². The van der Waals surface area contributed by atoms with E-state index in [1.807, 2.05) is 24.3 Å². The molecule has 12 heavy (non-hydrogen) atoms. The van der Waals surface area contributed by atoms with E-state index in [1.54, 1.807) is 0 Å². The van der Waals surface area contributed by atoms with E-state index in [1.165, 1.54) is 18.5 Å². The van der Waals surface area contributed by atoms with Crippen molar-refractivity contribution in [3.63, 3.8) is 0 Å². The molecule has 1 aromatic rings. The summed E-state index contributed by atoms with van der Waals surface area (Å²) in [5.41, 5.74) is 7.57. The highest BCUT2D eigenvalue weighted by atomic mass is 14.9. The number of rotatable bonds is 3. The topological polar surface area (TPSA) is 38.0 Å². The van der Waals surface area contributed by atoms with Crippen LogP contribution in [0.5, 0.6) is 0 Å². The summed E-state index contributed by atoms with van der Waals surface area (Å²) in [5.74, 6) is 0.919. The van der Waals surface area contributed by atoms with Gasteiger partial charge in [-0.2, -0.15) is 0 Å². The number of hydrogen-bond donors (Lipinski definition) is 2. The summed E-state index contributed by atoms with van der Waals surface area (Å²) in [5, 5.41) is 3.38. The molecule has 0 aliphatic heterocycles. The monoisotopic (exact) mass is 162 g/mol. The van der Waals surface area contributed by atoms with Gasteiger partial charge in [0.25, 0.3) is 0 Å². The van der Waals surface area contributed by atoms with E-state index >= 15 is 0 Å². The van der Waals surface area contributed by atoms with Crippen LogP contribution in [0.2, 0.25) is 0 Å². The predicted octanol–water partition coefficient (Wildman–Crippen LogP) is 2.09. The minimum Gasteiger partial charge on any atom is -0.399 e. The summed E-state index contributed by atoms with van der Waals surface area (Å²) < 4.78 is 0. The van der Waals surface area contributed by atoms with Gasteiger partial charge in [-0.05, 0) is 43.0 Å². The van der Waals surface area contributed by atoms with Gasteiger partial charge in [-0.25, -0.2) is 0 Å². The Hall–Kier alpha value is -1.18. The van der Waals surface area contributed by atoms with Crippen LogP contribution in [0.25, 0.3) is 0 Å². The molecule has 0 bridgehead atoms. The lowest BCUT2D eigenvalue weighted by atomic mass is 10.3. The van der Waals surface area contributed by atoms with E-state index in [-0.39, 0.29) is 0 Å². The number of anilines is 2. The SMILES string of the molecule is Nc1ccc(NCC2CC2)cc1. The molecule has 0 unspecified atom stereocenters. The van der Waals surface area contributed by atoms with Gasteiger partial charge >= 0.3 is 0 Å². The van der Waals surface area contributed by atoms with Crippen molar-refractivity contribution in [1.29, 1.82) is 0 Å². The second-order valence-electron chi connectivity index (χ2n) is 3.45. The second-order valence-corrected chi connectivity index (χ2v) is 3.45. The second kappa shape index (κ2) is 3.05. The Kier molecular flexibility index (Phi) is 1.90. The maximum absolute atomic E-state index is 5.57. The Bertz CT molecular complexity index is 249. The Balaban J connectivity index is 1.89. The molecule has 0 aromatic heterocycles. The first kappa shape index (κ1) is 7.47. The van der Waals surface area contributed by atoms with Gasteiger partial charge in [0.05, 0.1) is 0 Å². The van der Waals surface area contributed by atoms with E-state index in [4.69, 9.17) is 5.73 Å². The molecule has 1 aliphatic carbocycles. The van der Waals surface area contributed by atoms with Gasteiger partial charge in [0, 0.05) is 17.9 Å². The summed E-state index contributed by atoms with van der Waals surface area (Å²) in [6.07, 6.45) is 2.78. The van der Waals surface area contributed by atoms with Crippen molar-refractivity contribution < 1.29 is 0 Å². The zero-order valence-electron chi connectivity index (χ0n) is 7.09. The Morgan fingerprint density at radius 3 is 2.50 bits per heavy atom. The number of hydrogen-bond acceptors (Lipinski definition) is 2. The van der Waals surface area contributed by atoms with Crippen molar-refractivity contribution in [2.24, 2.45) is 5.92 Å². The predicted molar refractivity (Wildman–Crippen MR) is 52.1 cm³/mol. The fourth-order valence-electron chi connectivity index (χ4n) is 1.19. The van der Waals surface area contributed by atoms with Gasteiger partial charge < -0.3 is 11.1 Å². The first-order valence-corrected chi connectivity index (χ1v) is 4.44. The minimum atomic E-state index is 0.826. The number of benzene rings is 1. The third-order valence-electron chi connectivity index (χ3n) is 2.20. The zero-order chi connectivity index (χ0) is 8.39. The molecular formula is C10H14N2. The molecular weight excluding hydrogens is 148 g/mol. The lowest BCUT2D eigenvalue weighted by molar-refractivity contribution is 0.889. The summed E-state index contributed by atoms with van der Waals surface area (Å²) in [6, 6.07) is 7.90. The van der Waals surface area contributed by atoms with E-state index in [0.29, 0.717) is 0 Å². The summed E-state index contributed by atoms with van der Waals surface area (Å²) in [6.45, 7) is 1.11. The van der Waals surface area contributed by atoms with E-state index in [0.717, 1.165) is 18.2 Å². The van der Waals surface area contributed by atoms with Crippen molar-refractivity contribution in [1.82, 2.24) is 0 Å². The van der Waals surface area contributed by atoms with Gasteiger partial charge in [0.1, 0.15) is 0 Å². The lowest BCUT2D eigenvalue weighted by Gasteiger charge is -2.04. The van der Waals surface area contributed by atoms with Crippen LogP contribution in [-0.2, 0) is 0 Å². The zero-order valence-corrected chi connectivity index (χ0v) is 7.09. The lowest BCUT2D eigenvalue weighted by Crippen LogP contribution is -2.02. The molecule has 1 saturated carbocycles. The average Bonchev–Trinajstić information content (AvgIpc) is 2.87. The van der Waals surface area contributed by atoms with Crippen molar-refractivity contribution in [3.8, 4) is 0 Å². The Morgan fingerprint density at radius 1 is 1.25 bits per heavy atom. The third-order valence-corrected chi connectivity index (χ3v) is 2.20. The van der Waals surface area contributed by atoms with Crippen LogP contribution in [0.4, 0.5) is 11.4 Å². The van der Waals surface area contributed by atoms with Crippen LogP contribution in [-0.4, -0.2) is 6.54 Å². The fraction of sp³-hybridized carbons (Fsp3) is 0.400. The van der Waals surface area contributed by atoms with Crippen LogP contribution in [0.1, 0.15) is 12.8 Å². The van der Waals surface area contributed by atoms with Crippen LogP contribution < -0.4 is 11.1 Å². The average molecular weight is 162 g/mol. The molecule has 0 amide bonds. The normalized spacial score (nSPS) is 16.0. The van der Waals surface area contributed by atoms with Gasteiger partial charge in [-0.3, -0.25) is 0 Å². The highest BCUT2D eigenvalue weighted by molar-refractivity contribution is 5.51. The van der Waals surface area contributed by atoms with Gasteiger partial charge in [-0.1, -0.05) is 0 Å². The molecule has 0 heterocycles. The van der Waals surface area contributed by atoms with Gasteiger partial charge in [0.2, 0.25) is 0 Å². The minimum absolute atomic E-state index is 0.826. The van der Waals surface area contributed by atoms with E-state index in [9.17, 15) is 0 Å². The molecule has 1 aliphatic rings. The Morgan fingerprint density at radius 2 is 1.92 bits per heavy atom. The standard InChI is InChI=1S/C10H14N2/c11-9-3-5-10(6-4-9)12-7-8-1-2-8/h3-6,8,12H,1-2,7,11H2. The molecule has 64 valence electrons. The molecule has 2 rings (SSSR count). The highest BCUT2D eigenvalue weighted by Crippen LogP contribution is 2.28. The number of nitrogen functional groups attached to an aromatic ring is 1. The fourth-order valence-corrected chi connectivity index (χ4v) is 1.19. The maximum Gasteiger partial charge on any atom is 0.0341 e. The molecule has 2 nitrogen and oxygen atoms in total. The maximum atomic E-state index is 5.57. The molecule has 2 heteroatoms. The molecule has 3 N–H and O–H groups in total. The summed E-state index contributed by atoms with van der Waals surface area (Å²) in [7, 11) is 0. The molecule has 0 radical (unpaired) electrons. The molecule has 1 aromatic carbocycles. The smallest absolute Gasteiger partial charge is 0.0341 e. The van der Waals surface area contributed by atoms with Crippen molar-refractivity contribution in [2.75, 3.05) is 17.6 Å². The van der Waals surface area contributed by atoms with Crippen LogP contribution in [0.3, 0.4) is 0 Å². The van der Waals surface area contributed by atoms with Gasteiger partial charge in [0.15, 0.2) is 0 Å². The van der Waals surface area contributed by atoms with Crippen molar-refractivity contribution >= 4 is 11.4 Å². The van der Waals surface area contributed by atoms with Crippen LogP contribution in [0, 0.1) is 5.92 Å². The van der Waals surface area contributed by atoms with E-state index < -0.39 is 0 Å². The Labute approximate surface area is 72.8 Å². The number of nitrogens with one attached hydrogen (secondary N) is 1. The van der Waals surface area contributed by atoms with Crippen LogP contribution in [0.15, 0.2) is 24.3 Å². The molecule has 1 fully saturated rings. The number of nitrogens with two attached hydrogens (primary N) is 1. The van der Waals surface area contributed by atoms with Crippen molar-refractivity contribution in [2.45, 2.75) is 12.8 Å². The van der Waals surface area contributed by atoms with Crippen molar-refractivity contribution in [3.05, 3.63) is 24.3 Å². The third kappa shape index (κ3) is 1.91.